The quantitative estimate of drug-likeness (QED) is 0.685. The lowest BCUT2D eigenvalue weighted by atomic mass is 9.74. The van der Waals surface area contributed by atoms with Gasteiger partial charge in [0.15, 0.2) is 5.82 Å². The number of hydrogen-bond donors (Lipinski definition) is 2. The van der Waals surface area contributed by atoms with E-state index in [2.05, 4.69) is 21.4 Å². The van der Waals surface area contributed by atoms with Gasteiger partial charge in [0.2, 0.25) is 5.91 Å². The molecule has 0 radical (unpaired) electrons. The van der Waals surface area contributed by atoms with Crippen molar-refractivity contribution in [3.05, 3.63) is 54.4 Å². The zero-order valence-electron chi connectivity index (χ0n) is 18.2. The van der Waals surface area contributed by atoms with Crippen LogP contribution in [-0.4, -0.2) is 71.7 Å². The molecule has 168 valence electrons. The predicted molar refractivity (Wildman–Crippen MR) is 120 cm³/mol. The van der Waals surface area contributed by atoms with Crippen LogP contribution < -0.4 is 5.32 Å². The number of aromatic nitrogens is 2. The number of rotatable bonds is 7. The van der Waals surface area contributed by atoms with Crippen LogP contribution >= 0.6 is 0 Å². The molecule has 1 amide bonds. The van der Waals surface area contributed by atoms with Crippen LogP contribution in [0.15, 0.2) is 48.8 Å². The Balaban J connectivity index is 1.47. The molecule has 4 rings (SSSR count). The van der Waals surface area contributed by atoms with Gasteiger partial charge in [-0.25, -0.2) is 9.97 Å². The van der Waals surface area contributed by atoms with E-state index in [-0.39, 0.29) is 19.1 Å². The second-order valence-electron chi connectivity index (χ2n) is 8.31. The Morgan fingerprint density at radius 2 is 1.94 bits per heavy atom. The fourth-order valence-corrected chi connectivity index (χ4v) is 4.61. The predicted octanol–water partition coefficient (Wildman–Crippen LogP) is 2.09. The van der Waals surface area contributed by atoms with E-state index in [4.69, 9.17) is 4.74 Å². The van der Waals surface area contributed by atoms with Gasteiger partial charge >= 0.3 is 5.97 Å². The number of aliphatic carboxylic acids is 1. The minimum Gasteiger partial charge on any atom is -0.481 e. The lowest BCUT2D eigenvalue weighted by Crippen LogP contribution is -2.51. The fourth-order valence-electron chi connectivity index (χ4n) is 4.61. The van der Waals surface area contributed by atoms with Crippen molar-refractivity contribution >= 4 is 17.4 Å². The van der Waals surface area contributed by atoms with Gasteiger partial charge in [-0.15, -0.1) is 0 Å². The van der Waals surface area contributed by atoms with Crippen LogP contribution in [0.3, 0.4) is 0 Å². The first-order valence-corrected chi connectivity index (χ1v) is 10.8. The van der Waals surface area contributed by atoms with E-state index >= 15 is 0 Å². The standard InChI is InChI=1S/C24H28N4O4/c1-32-15-20(24(23(30)31)9-12-25-16-24)22(29)28-13-7-18(8-14-28)17-3-5-19(6-4-17)21-26-10-2-11-27-21/h2-7,10-11,20,25H,8-9,12-16H2,1H3,(H,30,31). The monoisotopic (exact) mass is 436 g/mol. The highest BCUT2D eigenvalue weighted by Crippen LogP contribution is 2.37. The van der Waals surface area contributed by atoms with Crippen molar-refractivity contribution < 1.29 is 19.4 Å². The molecule has 0 aliphatic carbocycles. The summed E-state index contributed by atoms with van der Waals surface area (Å²) in [7, 11) is 1.51. The molecule has 2 unspecified atom stereocenters. The van der Waals surface area contributed by atoms with Crippen molar-refractivity contribution in [1.82, 2.24) is 20.2 Å². The molecule has 0 bridgehead atoms. The number of nitrogens with one attached hydrogen (secondary N) is 1. The molecule has 8 heteroatoms. The number of nitrogens with zero attached hydrogens (tertiary/aromatic N) is 3. The summed E-state index contributed by atoms with van der Waals surface area (Å²) in [5.41, 5.74) is 2.11. The number of methoxy groups -OCH3 is 1. The molecule has 1 aromatic carbocycles. The lowest BCUT2D eigenvalue weighted by Gasteiger charge is -2.36. The van der Waals surface area contributed by atoms with E-state index in [0.29, 0.717) is 38.3 Å². The van der Waals surface area contributed by atoms with E-state index in [9.17, 15) is 14.7 Å². The van der Waals surface area contributed by atoms with E-state index < -0.39 is 17.3 Å². The van der Waals surface area contributed by atoms with Crippen molar-refractivity contribution in [2.75, 3.05) is 39.9 Å². The lowest BCUT2D eigenvalue weighted by molar-refractivity contribution is -0.160. The maximum absolute atomic E-state index is 13.3. The summed E-state index contributed by atoms with van der Waals surface area (Å²) in [6.45, 7) is 1.99. The number of carbonyl (C=O) groups is 2. The largest absolute Gasteiger partial charge is 0.481 e. The van der Waals surface area contributed by atoms with Gasteiger partial charge in [-0.1, -0.05) is 30.3 Å². The molecular weight excluding hydrogens is 408 g/mol. The number of carboxylic acids is 1. The summed E-state index contributed by atoms with van der Waals surface area (Å²) < 4.78 is 5.28. The summed E-state index contributed by atoms with van der Waals surface area (Å²) in [5.74, 6) is -1.11. The second kappa shape index (κ2) is 9.58. The van der Waals surface area contributed by atoms with Crippen molar-refractivity contribution in [2.45, 2.75) is 12.8 Å². The maximum Gasteiger partial charge on any atom is 0.311 e. The topological polar surface area (TPSA) is 105 Å². The molecule has 3 heterocycles. The van der Waals surface area contributed by atoms with Gasteiger partial charge in [0, 0.05) is 44.7 Å². The summed E-state index contributed by atoms with van der Waals surface area (Å²) in [4.78, 5) is 35.8. The van der Waals surface area contributed by atoms with Crippen LogP contribution in [-0.2, 0) is 14.3 Å². The van der Waals surface area contributed by atoms with Gasteiger partial charge in [0.05, 0.1) is 17.9 Å². The van der Waals surface area contributed by atoms with Gasteiger partial charge < -0.3 is 20.1 Å². The highest BCUT2D eigenvalue weighted by Gasteiger charge is 2.52. The van der Waals surface area contributed by atoms with Crippen molar-refractivity contribution in [1.29, 1.82) is 0 Å². The molecule has 1 aromatic heterocycles. The number of ether oxygens (including phenoxy) is 1. The van der Waals surface area contributed by atoms with Crippen molar-refractivity contribution in [3.63, 3.8) is 0 Å². The van der Waals surface area contributed by atoms with Gasteiger partial charge in [0.1, 0.15) is 0 Å². The molecule has 2 aliphatic rings. The molecule has 1 fully saturated rings. The average Bonchev–Trinajstić information content (AvgIpc) is 3.34. The highest BCUT2D eigenvalue weighted by atomic mass is 16.5. The second-order valence-corrected chi connectivity index (χ2v) is 8.31. The van der Waals surface area contributed by atoms with Crippen molar-refractivity contribution in [2.24, 2.45) is 11.3 Å². The Labute approximate surface area is 187 Å². The third-order valence-corrected chi connectivity index (χ3v) is 6.51. The van der Waals surface area contributed by atoms with Crippen LogP contribution in [0.5, 0.6) is 0 Å². The summed E-state index contributed by atoms with van der Waals surface area (Å²) >= 11 is 0. The van der Waals surface area contributed by atoms with E-state index in [1.165, 1.54) is 12.7 Å². The summed E-state index contributed by atoms with van der Waals surface area (Å²) in [6.07, 6.45) is 6.63. The summed E-state index contributed by atoms with van der Waals surface area (Å²) in [5, 5.41) is 13.0. The first kappa shape index (κ1) is 22.1. The van der Waals surface area contributed by atoms with Gasteiger partial charge in [0.25, 0.3) is 0 Å². The first-order valence-electron chi connectivity index (χ1n) is 10.8. The zero-order valence-corrected chi connectivity index (χ0v) is 18.2. The summed E-state index contributed by atoms with van der Waals surface area (Å²) in [6, 6.07) is 9.89. The smallest absolute Gasteiger partial charge is 0.311 e. The molecule has 2 atom stereocenters. The van der Waals surface area contributed by atoms with Crippen LogP contribution in [0, 0.1) is 11.3 Å². The van der Waals surface area contributed by atoms with E-state index in [1.807, 2.05) is 24.3 Å². The third kappa shape index (κ3) is 4.28. The van der Waals surface area contributed by atoms with Gasteiger partial charge in [-0.05, 0) is 36.6 Å². The number of carboxylic acid groups (broad SMARTS) is 1. The Hall–Kier alpha value is -3.10. The number of benzene rings is 1. The fraction of sp³-hybridized carbons (Fsp3) is 0.417. The van der Waals surface area contributed by atoms with Gasteiger partial charge in [-0.2, -0.15) is 0 Å². The van der Waals surface area contributed by atoms with Crippen molar-refractivity contribution in [3.8, 4) is 11.4 Å². The van der Waals surface area contributed by atoms with Crippen LogP contribution in [0.25, 0.3) is 17.0 Å². The minimum atomic E-state index is -1.12. The Morgan fingerprint density at radius 3 is 2.50 bits per heavy atom. The minimum absolute atomic E-state index is 0.100. The molecule has 0 spiro atoms. The number of carbonyl (C=O) groups excluding carboxylic acids is 1. The first-order chi connectivity index (χ1) is 15.5. The number of amides is 1. The molecular formula is C24H28N4O4. The Bertz CT molecular complexity index is 985. The van der Waals surface area contributed by atoms with Crippen LogP contribution in [0.4, 0.5) is 0 Å². The highest BCUT2D eigenvalue weighted by molar-refractivity contribution is 5.88. The van der Waals surface area contributed by atoms with E-state index in [0.717, 1.165) is 11.1 Å². The maximum atomic E-state index is 13.3. The number of hydrogen-bond acceptors (Lipinski definition) is 6. The molecule has 0 saturated carbocycles. The van der Waals surface area contributed by atoms with E-state index in [1.54, 1.807) is 23.4 Å². The zero-order chi connectivity index (χ0) is 22.6. The molecule has 2 aliphatic heterocycles. The Kier molecular flexibility index (Phi) is 6.62. The van der Waals surface area contributed by atoms with Crippen LogP contribution in [0.2, 0.25) is 0 Å². The SMILES string of the molecule is COCC(C(=O)N1CC=C(c2ccc(-c3ncccn3)cc2)CC1)C1(C(=O)O)CCNC1. The molecule has 2 N–H and O–H groups in total. The van der Waals surface area contributed by atoms with Gasteiger partial charge in [-0.3, -0.25) is 9.59 Å². The molecule has 8 nitrogen and oxygen atoms in total. The molecule has 1 saturated heterocycles. The third-order valence-electron chi connectivity index (χ3n) is 6.51. The average molecular weight is 437 g/mol. The Morgan fingerprint density at radius 1 is 1.22 bits per heavy atom. The molecule has 2 aromatic rings. The van der Waals surface area contributed by atoms with Crippen LogP contribution in [0.1, 0.15) is 18.4 Å². The normalized spacial score (nSPS) is 21.8. The molecule has 32 heavy (non-hydrogen) atoms.